The van der Waals surface area contributed by atoms with Gasteiger partial charge in [0.15, 0.2) is 17.3 Å². The van der Waals surface area contributed by atoms with Crippen LogP contribution in [-0.2, 0) is 9.47 Å². The molecule has 4 rings (SSSR count). The molecule has 29 heavy (non-hydrogen) atoms. The van der Waals surface area contributed by atoms with E-state index in [9.17, 15) is 4.79 Å². The summed E-state index contributed by atoms with van der Waals surface area (Å²) in [7, 11) is 1.62. The summed E-state index contributed by atoms with van der Waals surface area (Å²) >= 11 is 5.91. The van der Waals surface area contributed by atoms with Crippen molar-refractivity contribution in [2.24, 2.45) is 5.73 Å². The molecule has 0 atom stereocenters. The van der Waals surface area contributed by atoms with Gasteiger partial charge >= 0.3 is 0 Å². The van der Waals surface area contributed by atoms with Crippen LogP contribution in [0, 0.1) is 0 Å². The number of anilines is 3. The summed E-state index contributed by atoms with van der Waals surface area (Å²) in [6, 6.07) is 5.66. The Morgan fingerprint density at radius 1 is 1.31 bits per heavy atom. The predicted octanol–water partition coefficient (Wildman–Crippen LogP) is 2.32. The summed E-state index contributed by atoms with van der Waals surface area (Å²) in [5.41, 5.74) is 7.02. The summed E-state index contributed by atoms with van der Waals surface area (Å²) in [6.07, 6.45) is 2.88. The minimum atomic E-state index is -0.696. The first-order chi connectivity index (χ1) is 14.0. The van der Waals surface area contributed by atoms with Gasteiger partial charge in [-0.25, -0.2) is 9.97 Å². The minimum absolute atomic E-state index is 0.00957. The van der Waals surface area contributed by atoms with E-state index in [0.717, 1.165) is 31.6 Å². The third kappa shape index (κ3) is 4.07. The molecule has 0 unspecified atom stereocenters. The van der Waals surface area contributed by atoms with E-state index in [2.05, 4.69) is 20.2 Å². The molecule has 0 bridgehead atoms. The van der Waals surface area contributed by atoms with E-state index in [4.69, 9.17) is 31.5 Å². The maximum absolute atomic E-state index is 11.6. The number of methoxy groups -OCH3 is 1. The van der Waals surface area contributed by atoms with Gasteiger partial charge in [-0.15, -0.1) is 0 Å². The SMILES string of the molecule is COc1cc(Nc2nc(Cl)cnc2C(N)=O)ccc1N1CCC2(CC1)OCCO2. The van der Waals surface area contributed by atoms with Gasteiger partial charge in [-0.2, -0.15) is 0 Å². The predicted molar refractivity (Wildman–Crippen MR) is 108 cm³/mol. The summed E-state index contributed by atoms with van der Waals surface area (Å²) in [5.74, 6) is -0.245. The zero-order chi connectivity index (χ0) is 20.4. The number of nitrogens with two attached hydrogens (primary N) is 1. The van der Waals surface area contributed by atoms with Gasteiger partial charge in [0.1, 0.15) is 10.9 Å². The average molecular weight is 420 g/mol. The number of hydrogen-bond donors (Lipinski definition) is 2. The van der Waals surface area contributed by atoms with E-state index in [1.165, 1.54) is 6.20 Å². The van der Waals surface area contributed by atoms with Gasteiger partial charge in [-0.1, -0.05) is 11.6 Å². The highest BCUT2D eigenvalue weighted by molar-refractivity contribution is 6.29. The first-order valence-corrected chi connectivity index (χ1v) is 9.68. The number of rotatable bonds is 5. The number of halogens is 1. The monoisotopic (exact) mass is 419 g/mol. The standard InChI is InChI=1S/C19H22ClN5O4/c1-27-14-10-12(23-18-16(17(21)26)22-11-15(20)24-18)2-3-13(14)25-6-4-19(5-7-25)28-8-9-29-19/h2-3,10-11H,4-9H2,1H3,(H2,21,26)(H,23,24). The van der Waals surface area contributed by atoms with E-state index in [0.29, 0.717) is 24.7 Å². The van der Waals surface area contributed by atoms with E-state index < -0.39 is 11.7 Å². The number of amides is 1. The molecule has 2 aliphatic rings. The molecule has 2 saturated heterocycles. The van der Waals surface area contributed by atoms with Crippen molar-refractivity contribution in [3.63, 3.8) is 0 Å². The molecular formula is C19H22ClN5O4. The fourth-order valence-corrected chi connectivity index (χ4v) is 3.80. The topological polar surface area (TPSA) is 112 Å². The highest BCUT2D eigenvalue weighted by atomic mass is 35.5. The maximum atomic E-state index is 11.6. The molecule has 1 amide bonds. The van der Waals surface area contributed by atoms with Crippen LogP contribution < -0.4 is 20.7 Å². The lowest BCUT2D eigenvalue weighted by molar-refractivity contribution is -0.169. The molecular weight excluding hydrogens is 398 g/mol. The van der Waals surface area contributed by atoms with Crippen molar-refractivity contribution >= 4 is 34.7 Å². The Hall–Kier alpha value is -2.62. The molecule has 3 heterocycles. The van der Waals surface area contributed by atoms with Crippen molar-refractivity contribution in [3.8, 4) is 5.75 Å². The molecule has 1 aromatic heterocycles. The highest BCUT2D eigenvalue weighted by Crippen LogP contribution is 2.38. The number of nitrogens with one attached hydrogen (secondary N) is 1. The van der Waals surface area contributed by atoms with Crippen molar-refractivity contribution in [1.82, 2.24) is 9.97 Å². The summed E-state index contributed by atoms with van der Waals surface area (Å²) in [4.78, 5) is 21.9. The first kappa shape index (κ1) is 19.7. The van der Waals surface area contributed by atoms with Gasteiger partial charge in [0.25, 0.3) is 5.91 Å². The van der Waals surface area contributed by atoms with Crippen molar-refractivity contribution < 1.29 is 19.0 Å². The number of benzene rings is 1. The van der Waals surface area contributed by atoms with E-state index in [1.807, 2.05) is 18.2 Å². The third-order valence-electron chi connectivity index (χ3n) is 5.10. The number of carbonyl (C=O) groups excluding carboxylic acids is 1. The molecule has 154 valence electrons. The molecule has 1 aromatic carbocycles. The zero-order valence-corrected chi connectivity index (χ0v) is 16.7. The summed E-state index contributed by atoms with van der Waals surface area (Å²) < 4.78 is 17.2. The fourth-order valence-electron chi connectivity index (χ4n) is 3.66. The zero-order valence-electron chi connectivity index (χ0n) is 16.0. The van der Waals surface area contributed by atoms with Crippen LogP contribution in [0.3, 0.4) is 0 Å². The number of piperidine rings is 1. The van der Waals surface area contributed by atoms with Crippen LogP contribution in [0.25, 0.3) is 0 Å². The van der Waals surface area contributed by atoms with Crippen LogP contribution in [-0.4, -0.2) is 55.1 Å². The lowest BCUT2D eigenvalue weighted by Crippen LogP contribution is -2.45. The number of primary amides is 1. The van der Waals surface area contributed by atoms with E-state index >= 15 is 0 Å². The second-order valence-electron chi connectivity index (χ2n) is 6.86. The molecule has 10 heteroatoms. The lowest BCUT2D eigenvalue weighted by Gasteiger charge is -2.39. The number of ether oxygens (including phenoxy) is 3. The molecule has 9 nitrogen and oxygen atoms in total. The molecule has 2 aliphatic heterocycles. The van der Waals surface area contributed by atoms with Crippen LogP contribution in [0.5, 0.6) is 5.75 Å². The molecule has 3 N–H and O–H groups in total. The summed E-state index contributed by atoms with van der Waals surface area (Å²) in [6.45, 7) is 2.91. The van der Waals surface area contributed by atoms with Gasteiger partial charge in [-0.3, -0.25) is 4.79 Å². The van der Waals surface area contributed by atoms with Gasteiger partial charge < -0.3 is 30.2 Å². The largest absolute Gasteiger partial charge is 0.495 e. The highest BCUT2D eigenvalue weighted by Gasteiger charge is 2.40. The van der Waals surface area contributed by atoms with Crippen molar-refractivity contribution in [2.45, 2.75) is 18.6 Å². The first-order valence-electron chi connectivity index (χ1n) is 9.30. The second kappa shape index (κ2) is 8.02. The van der Waals surface area contributed by atoms with Gasteiger partial charge in [0.2, 0.25) is 0 Å². The molecule has 2 fully saturated rings. The van der Waals surface area contributed by atoms with Crippen LogP contribution >= 0.6 is 11.6 Å². The molecule has 0 saturated carbocycles. The Kier molecular flexibility index (Phi) is 5.44. The van der Waals surface area contributed by atoms with Gasteiger partial charge in [0.05, 0.1) is 32.2 Å². The Bertz CT molecular complexity index is 909. The Balaban J connectivity index is 1.53. The molecule has 0 aliphatic carbocycles. The van der Waals surface area contributed by atoms with Gasteiger partial charge in [0, 0.05) is 37.7 Å². The normalized spacial score (nSPS) is 18.1. The molecule has 2 aromatic rings. The fraction of sp³-hybridized carbons (Fsp3) is 0.421. The van der Waals surface area contributed by atoms with Crippen LogP contribution in [0.4, 0.5) is 17.2 Å². The van der Waals surface area contributed by atoms with Crippen LogP contribution in [0.15, 0.2) is 24.4 Å². The smallest absolute Gasteiger partial charge is 0.271 e. The van der Waals surface area contributed by atoms with Crippen LogP contribution in [0.1, 0.15) is 23.3 Å². The number of carbonyl (C=O) groups is 1. The third-order valence-corrected chi connectivity index (χ3v) is 5.28. The maximum Gasteiger partial charge on any atom is 0.271 e. The minimum Gasteiger partial charge on any atom is -0.495 e. The Morgan fingerprint density at radius 3 is 2.69 bits per heavy atom. The second-order valence-corrected chi connectivity index (χ2v) is 7.25. The quantitative estimate of drug-likeness (QED) is 0.759. The lowest BCUT2D eigenvalue weighted by atomic mass is 10.0. The average Bonchev–Trinajstić information content (AvgIpc) is 3.16. The molecule has 0 radical (unpaired) electrons. The van der Waals surface area contributed by atoms with E-state index in [-0.39, 0.29) is 16.7 Å². The van der Waals surface area contributed by atoms with Crippen molar-refractivity contribution in [3.05, 3.63) is 35.2 Å². The summed E-state index contributed by atoms with van der Waals surface area (Å²) in [5, 5.41) is 3.19. The Labute approximate surface area is 173 Å². The number of nitrogens with zero attached hydrogens (tertiary/aromatic N) is 3. The van der Waals surface area contributed by atoms with Crippen LogP contribution in [0.2, 0.25) is 5.15 Å². The van der Waals surface area contributed by atoms with Crippen molar-refractivity contribution in [2.75, 3.05) is 43.6 Å². The van der Waals surface area contributed by atoms with E-state index in [1.54, 1.807) is 7.11 Å². The number of hydrogen-bond acceptors (Lipinski definition) is 8. The molecule has 1 spiro atoms. The Morgan fingerprint density at radius 2 is 2.03 bits per heavy atom. The van der Waals surface area contributed by atoms with Crippen molar-refractivity contribution in [1.29, 1.82) is 0 Å². The van der Waals surface area contributed by atoms with Gasteiger partial charge in [-0.05, 0) is 12.1 Å². The number of aromatic nitrogens is 2.